The van der Waals surface area contributed by atoms with Gasteiger partial charge in [-0.1, -0.05) is 13.2 Å². The van der Waals surface area contributed by atoms with Crippen LogP contribution in [0, 0.1) is 0 Å². The van der Waals surface area contributed by atoms with Crippen LogP contribution in [0.15, 0.2) is 24.8 Å². The minimum atomic E-state index is 0.781. The smallest absolute Gasteiger partial charge is 0.111 e. The molecule has 0 amide bonds. The van der Waals surface area contributed by atoms with Gasteiger partial charge in [0.05, 0.1) is 19.6 Å². The van der Waals surface area contributed by atoms with Gasteiger partial charge in [0.2, 0.25) is 0 Å². The molecule has 0 N–H and O–H groups in total. The van der Waals surface area contributed by atoms with Crippen LogP contribution in [0.1, 0.15) is 19.3 Å². The Morgan fingerprint density at radius 3 is 3.08 bits per heavy atom. The van der Waals surface area contributed by atoms with E-state index in [1.807, 2.05) is 0 Å². The summed E-state index contributed by atoms with van der Waals surface area (Å²) in [5.74, 6) is 0. The first-order valence-electron chi connectivity index (χ1n) is 4.93. The van der Waals surface area contributed by atoms with Gasteiger partial charge in [-0.2, -0.15) is 0 Å². The van der Waals surface area contributed by atoms with E-state index >= 15 is 0 Å². The quantitative estimate of drug-likeness (QED) is 0.433. The molecule has 0 radical (unpaired) electrons. The Labute approximate surface area is 75.0 Å². The first-order valence-corrected chi connectivity index (χ1v) is 4.93. The van der Waals surface area contributed by atoms with Gasteiger partial charge < -0.3 is 4.48 Å². The molecule has 2 aliphatic heterocycles. The summed E-state index contributed by atoms with van der Waals surface area (Å²) in [5.41, 5.74) is 1.49. The van der Waals surface area contributed by atoms with Crippen LogP contribution in [0.4, 0.5) is 0 Å². The van der Waals surface area contributed by atoms with E-state index in [9.17, 15) is 0 Å². The average Bonchev–Trinajstić information content (AvgIpc) is 2.55. The molecule has 66 valence electrons. The second kappa shape index (κ2) is 2.74. The zero-order valence-corrected chi connectivity index (χ0v) is 7.76. The standard InChI is InChI=1S/C11H18N/c1-3-7-12-8-4-5-11(12)10(2)6-9-12/h3,11H,1-2,4-9H2/q+1/t11-,12?/m1/s1. The maximum absolute atomic E-state index is 4.17. The summed E-state index contributed by atoms with van der Waals surface area (Å²) in [7, 11) is 0. The van der Waals surface area contributed by atoms with E-state index < -0.39 is 0 Å². The van der Waals surface area contributed by atoms with E-state index in [1.54, 1.807) is 0 Å². The predicted molar refractivity (Wildman–Crippen MR) is 51.8 cm³/mol. The fourth-order valence-electron chi connectivity index (χ4n) is 2.99. The van der Waals surface area contributed by atoms with Crippen LogP contribution in [0.3, 0.4) is 0 Å². The van der Waals surface area contributed by atoms with Crippen LogP contribution in [0.25, 0.3) is 0 Å². The lowest BCUT2D eigenvalue weighted by Gasteiger charge is -2.33. The van der Waals surface area contributed by atoms with Crippen LogP contribution >= 0.6 is 0 Å². The summed E-state index contributed by atoms with van der Waals surface area (Å²) >= 11 is 0. The van der Waals surface area contributed by atoms with Gasteiger partial charge in [-0.3, -0.25) is 0 Å². The van der Waals surface area contributed by atoms with Crippen LogP contribution in [0.2, 0.25) is 0 Å². The first kappa shape index (κ1) is 8.06. The Morgan fingerprint density at radius 1 is 1.50 bits per heavy atom. The highest BCUT2D eigenvalue weighted by atomic mass is 15.4. The summed E-state index contributed by atoms with van der Waals surface area (Å²) in [5, 5.41) is 0. The molecule has 0 aromatic heterocycles. The molecule has 0 saturated carbocycles. The van der Waals surface area contributed by atoms with Gasteiger partial charge in [-0.05, 0) is 11.6 Å². The molecular weight excluding hydrogens is 146 g/mol. The number of fused-ring (bicyclic) bond motifs is 1. The highest BCUT2D eigenvalue weighted by Gasteiger charge is 2.46. The Bertz CT molecular complexity index is 219. The fraction of sp³-hybridized carbons (Fsp3) is 0.636. The summed E-state index contributed by atoms with van der Waals surface area (Å²) in [6.45, 7) is 11.9. The van der Waals surface area contributed by atoms with Crippen molar-refractivity contribution in [2.75, 3.05) is 19.6 Å². The molecule has 2 aliphatic rings. The van der Waals surface area contributed by atoms with Crippen LogP contribution < -0.4 is 0 Å². The van der Waals surface area contributed by atoms with Crippen molar-refractivity contribution in [1.82, 2.24) is 0 Å². The van der Waals surface area contributed by atoms with Crippen LogP contribution in [-0.4, -0.2) is 30.2 Å². The van der Waals surface area contributed by atoms with E-state index in [4.69, 9.17) is 0 Å². The van der Waals surface area contributed by atoms with E-state index in [0.29, 0.717) is 0 Å². The number of hydrogen-bond acceptors (Lipinski definition) is 0. The van der Waals surface area contributed by atoms with Crippen molar-refractivity contribution < 1.29 is 4.48 Å². The molecule has 1 heteroatoms. The molecule has 0 aromatic rings. The van der Waals surface area contributed by atoms with Crippen molar-refractivity contribution in [1.29, 1.82) is 0 Å². The lowest BCUT2D eigenvalue weighted by molar-refractivity contribution is -0.919. The fourth-order valence-corrected chi connectivity index (χ4v) is 2.99. The molecule has 1 unspecified atom stereocenters. The van der Waals surface area contributed by atoms with Gasteiger partial charge in [0.15, 0.2) is 0 Å². The molecule has 1 nitrogen and oxygen atoms in total. The summed E-state index contributed by atoms with van der Waals surface area (Å²) in [6.07, 6.45) is 6.08. The molecular formula is C11H18N+. The Morgan fingerprint density at radius 2 is 2.33 bits per heavy atom. The molecule has 2 heterocycles. The molecule has 2 rings (SSSR count). The maximum Gasteiger partial charge on any atom is 0.111 e. The highest BCUT2D eigenvalue weighted by Crippen LogP contribution is 2.38. The largest absolute Gasteiger partial charge is 0.314 e. The molecule has 12 heavy (non-hydrogen) atoms. The van der Waals surface area contributed by atoms with Crippen molar-refractivity contribution in [2.24, 2.45) is 0 Å². The van der Waals surface area contributed by atoms with Crippen molar-refractivity contribution in [3.63, 3.8) is 0 Å². The zero-order valence-electron chi connectivity index (χ0n) is 7.76. The third-order valence-electron chi connectivity index (χ3n) is 3.58. The molecule has 0 bridgehead atoms. The molecule has 2 atom stereocenters. The topological polar surface area (TPSA) is 0 Å². The lowest BCUT2D eigenvalue weighted by atomic mass is 10.1. The predicted octanol–water partition coefficient (Wildman–Crippen LogP) is 2.11. The van der Waals surface area contributed by atoms with Gasteiger partial charge >= 0.3 is 0 Å². The SMILES string of the molecule is C=CC[N+]12CCC[C@@H]1C(=C)CC2. The lowest BCUT2D eigenvalue weighted by Crippen LogP contribution is -2.47. The van der Waals surface area contributed by atoms with Gasteiger partial charge in [0, 0.05) is 19.3 Å². The third kappa shape index (κ3) is 0.962. The van der Waals surface area contributed by atoms with Crippen molar-refractivity contribution in [3.8, 4) is 0 Å². The number of rotatable bonds is 2. The molecule has 0 aromatic carbocycles. The number of hydrogen-bond donors (Lipinski definition) is 0. The van der Waals surface area contributed by atoms with Crippen molar-refractivity contribution in [3.05, 3.63) is 24.8 Å². The maximum atomic E-state index is 4.17. The van der Waals surface area contributed by atoms with Gasteiger partial charge in [0.1, 0.15) is 6.04 Å². The number of nitrogens with zero attached hydrogens (tertiary/aromatic N) is 1. The number of quaternary nitrogens is 1. The van der Waals surface area contributed by atoms with Crippen LogP contribution in [-0.2, 0) is 0 Å². The van der Waals surface area contributed by atoms with Gasteiger partial charge in [-0.25, -0.2) is 0 Å². The van der Waals surface area contributed by atoms with E-state index in [-0.39, 0.29) is 0 Å². The Balaban J connectivity index is 2.22. The van der Waals surface area contributed by atoms with E-state index in [2.05, 4.69) is 19.2 Å². The Kier molecular flexibility index (Phi) is 1.84. The molecule has 2 fully saturated rings. The Hall–Kier alpha value is -0.560. The van der Waals surface area contributed by atoms with Gasteiger partial charge in [0.25, 0.3) is 0 Å². The molecule has 0 aliphatic carbocycles. The van der Waals surface area contributed by atoms with E-state index in [1.165, 1.54) is 42.4 Å². The first-order chi connectivity index (χ1) is 5.78. The minimum absolute atomic E-state index is 0.781. The average molecular weight is 164 g/mol. The highest BCUT2D eigenvalue weighted by molar-refractivity contribution is 5.09. The van der Waals surface area contributed by atoms with Crippen molar-refractivity contribution >= 4 is 0 Å². The second-order valence-electron chi connectivity index (χ2n) is 4.20. The van der Waals surface area contributed by atoms with Crippen molar-refractivity contribution in [2.45, 2.75) is 25.3 Å². The molecule has 2 saturated heterocycles. The normalized spacial score (nSPS) is 40.0. The van der Waals surface area contributed by atoms with Gasteiger partial charge in [-0.15, -0.1) is 0 Å². The van der Waals surface area contributed by atoms with E-state index in [0.717, 1.165) is 12.6 Å². The second-order valence-corrected chi connectivity index (χ2v) is 4.20. The monoisotopic (exact) mass is 164 g/mol. The summed E-state index contributed by atoms with van der Waals surface area (Å²) in [6, 6.07) is 0.781. The molecule has 0 spiro atoms. The summed E-state index contributed by atoms with van der Waals surface area (Å²) < 4.78 is 1.28. The van der Waals surface area contributed by atoms with Crippen LogP contribution in [0.5, 0.6) is 0 Å². The third-order valence-corrected chi connectivity index (χ3v) is 3.58. The minimum Gasteiger partial charge on any atom is -0.314 e. The zero-order chi connectivity index (χ0) is 8.60. The summed E-state index contributed by atoms with van der Waals surface area (Å²) in [4.78, 5) is 0.